The minimum absolute atomic E-state index is 0.807. The van der Waals surface area contributed by atoms with Crippen LogP contribution in [0, 0.1) is 0 Å². The van der Waals surface area contributed by atoms with E-state index in [0.717, 1.165) is 12.1 Å². The molecule has 0 aromatic rings. The average Bonchev–Trinajstić information content (AvgIpc) is 2.87. The summed E-state index contributed by atoms with van der Waals surface area (Å²) in [5.74, 6) is 1.32. The van der Waals surface area contributed by atoms with Gasteiger partial charge in [0.15, 0.2) is 0 Å². The van der Waals surface area contributed by atoms with Gasteiger partial charge in [-0.15, -0.1) is 0 Å². The highest BCUT2D eigenvalue weighted by atomic mass is 32.2. The quantitative estimate of drug-likeness (QED) is 0.724. The third-order valence-corrected chi connectivity index (χ3v) is 4.47. The summed E-state index contributed by atoms with van der Waals surface area (Å²) in [6.07, 6.45) is 9.22. The molecule has 0 radical (unpaired) electrons. The third-order valence-electron chi connectivity index (χ3n) is 3.77. The Kier molecular flexibility index (Phi) is 4.79. The standard InChI is InChI=1S/C12H24N2S/c1-15-10-4-9-14-8-3-6-12(14)11-5-2-7-13-11/h11-13H,2-10H2,1H3. The summed E-state index contributed by atoms with van der Waals surface area (Å²) in [6.45, 7) is 3.92. The number of rotatable bonds is 5. The van der Waals surface area contributed by atoms with Crippen molar-refractivity contribution < 1.29 is 0 Å². The normalized spacial score (nSPS) is 32.6. The largest absolute Gasteiger partial charge is 0.312 e. The van der Waals surface area contributed by atoms with Crippen LogP contribution in [-0.4, -0.2) is 48.6 Å². The number of hydrogen-bond donors (Lipinski definition) is 1. The first-order valence-electron chi connectivity index (χ1n) is 6.38. The topological polar surface area (TPSA) is 15.3 Å². The predicted molar refractivity (Wildman–Crippen MR) is 68.6 cm³/mol. The van der Waals surface area contributed by atoms with Crippen LogP contribution >= 0.6 is 11.8 Å². The molecule has 0 aliphatic carbocycles. The fourth-order valence-corrected chi connectivity index (χ4v) is 3.45. The van der Waals surface area contributed by atoms with Gasteiger partial charge in [-0.1, -0.05) is 0 Å². The first-order chi connectivity index (χ1) is 7.42. The van der Waals surface area contributed by atoms with E-state index in [1.54, 1.807) is 0 Å². The lowest BCUT2D eigenvalue weighted by Gasteiger charge is -2.29. The number of likely N-dealkylation sites (tertiary alicyclic amines) is 1. The molecule has 2 nitrogen and oxygen atoms in total. The van der Waals surface area contributed by atoms with Crippen molar-refractivity contribution in [1.29, 1.82) is 0 Å². The van der Waals surface area contributed by atoms with Crippen LogP contribution in [0.5, 0.6) is 0 Å². The molecule has 2 unspecified atom stereocenters. The van der Waals surface area contributed by atoms with Crippen LogP contribution in [-0.2, 0) is 0 Å². The van der Waals surface area contributed by atoms with Crippen LogP contribution < -0.4 is 5.32 Å². The molecule has 0 aromatic heterocycles. The Morgan fingerprint density at radius 2 is 2.27 bits per heavy atom. The molecule has 0 saturated carbocycles. The highest BCUT2D eigenvalue weighted by molar-refractivity contribution is 7.98. The van der Waals surface area contributed by atoms with Crippen LogP contribution in [0.4, 0.5) is 0 Å². The van der Waals surface area contributed by atoms with Crippen LogP contribution in [0.1, 0.15) is 32.1 Å². The summed E-state index contributed by atoms with van der Waals surface area (Å²) in [6, 6.07) is 1.66. The first kappa shape index (κ1) is 11.7. The summed E-state index contributed by atoms with van der Waals surface area (Å²) in [5, 5.41) is 3.67. The maximum atomic E-state index is 3.67. The molecule has 0 spiro atoms. The molecule has 15 heavy (non-hydrogen) atoms. The van der Waals surface area contributed by atoms with E-state index in [1.807, 2.05) is 11.8 Å². The highest BCUT2D eigenvalue weighted by Gasteiger charge is 2.32. The molecule has 3 heteroatoms. The van der Waals surface area contributed by atoms with Crippen molar-refractivity contribution >= 4 is 11.8 Å². The summed E-state index contributed by atoms with van der Waals surface area (Å²) < 4.78 is 0. The molecule has 2 atom stereocenters. The Morgan fingerprint density at radius 1 is 1.33 bits per heavy atom. The summed E-state index contributed by atoms with van der Waals surface area (Å²) in [5.41, 5.74) is 0. The van der Waals surface area contributed by atoms with Crippen molar-refractivity contribution in [3.05, 3.63) is 0 Å². The zero-order chi connectivity index (χ0) is 10.5. The fraction of sp³-hybridized carbons (Fsp3) is 1.00. The van der Waals surface area contributed by atoms with Gasteiger partial charge in [0.05, 0.1) is 0 Å². The Labute approximate surface area is 98.2 Å². The smallest absolute Gasteiger partial charge is 0.0249 e. The Hall–Kier alpha value is 0.270. The monoisotopic (exact) mass is 228 g/mol. The van der Waals surface area contributed by atoms with Gasteiger partial charge in [0.1, 0.15) is 0 Å². The van der Waals surface area contributed by atoms with Crippen molar-refractivity contribution in [3.63, 3.8) is 0 Å². The predicted octanol–water partition coefficient (Wildman–Crippen LogP) is 1.96. The molecule has 0 bridgehead atoms. The number of nitrogens with one attached hydrogen (secondary N) is 1. The molecule has 2 aliphatic heterocycles. The number of thioether (sulfide) groups is 1. The van der Waals surface area contributed by atoms with Gasteiger partial charge in [0, 0.05) is 12.1 Å². The molecular weight excluding hydrogens is 204 g/mol. The second-order valence-electron chi connectivity index (χ2n) is 4.79. The van der Waals surface area contributed by atoms with Gasteiger partial charge in [-0.25, -0.2) is 0 Å². The van der Waals surface area contributed by atoms with Crippen molar-refractivity contribution in [3.8, 4) is 0 Å². The van der Waals surface area contributed by atoms with E-state index in [4.69, 9.17) is 0 Å². The molecule has 2 rings (SSSR count). The summed E-state index contributed by atoms with van der Waals surface area (Å²) >= 11 is 1.98. The van der Waals surface area contributed by atoms with E-state index in [1.165, 1.54) is 57.5 Å². The Bertz CT molecular complexity index is 180. The zero-order valence-electron chi connectivity index (χ0n) is 9.87. The molecule has 0 amide bonds. The first-order valence-corrected chi connectivity index (χ1v) is 7.77. The molecule has 2 heterocycles. The fourth-order valence-electron chi connectivity index (χ4n) is 3.04. The third kappa shape index (κ3) is 3.11. The molecular formula is C12H24N2S. The van der Waals surface area contributed by atoms with E-state index in [0.29, 0.717) is 0 Å². The van der Waals surface area contributed by atoms with Gasteiger partial charge in [0.2, 0.25) is 0 Å². The van der Waals surface area contributed by atoms with E-state index < -0.39 is 0 Å². The zero-order valence-corrected chi connectivity index (χ0v) is 10.7. The Balaban J connectivity index is 1.76. The van der Waals surface area contributed by atoms with Gasteiger partial charge in [-0.3, -0.25) is 4.90 Å². The van der Waals surface area contributed by atoms with Crippen LogP contribution in [0.15, 0.2) is 0 Å². The molecule has 2 aliphatic rings. The van der Waals surface area contributed by atoms with E-state index >= 15 is 0 Å². The van der Waals surface area contributed by atoms with E-state index in [9.17, 15) is 0 Å². The van der Waals surface area contributed by atoms with Crippen molar-refractivity contribution in [2.45, 2.75) is 44.2 Å². The highest BCUT2D eigenvalue weighted by Crippen LogP contribution is 2.24. The van der Waals surface area contributed by atoms with Crippen molar-refractivity contribution in [1.82, 2.24) is 10.2 Å². The van der Waals surface area contributed by atoms with Gasteiger partial charge < -0.3 is 5.32 Å². The van der Waals surface area contributed by atoms with Crippen LogP contribution in [0.2, 0.25) is 0 Å². The number of nitrogens with zero attached hydrogens (tertiary/aromatic N) is 1. The number of hydrogen-bond acceptors (Lipinski definition) is 3. The summed E-state index contributed by atoms with van der Waals surface area (Å²) in [7, 11) is 0. The second kappa shape index (κ2) is 6.12. The summed E-state index contributed by atoms with van der Waals surface area (Å²) in [4.78, 5) is 2.74. The van der Waals surface area contributed by atoms with Gasteiger partial charge in [-0.2, -0.15) is 11.8 Å². The lowest BCUT2D eigenvalue weighted by Crippen LogP contribution is -2.44. The molecule has 88 valence electrons. The van der Waals surface area contributed by atoms with Crippen molar-refractivity contribution in [2.75, 3.05) is 31.6 Å². The SMILES string of the molecule is CSCCCN1CCCC1C1CCCN1. The second-order valence-corrected chi connectivity index (χ2v) is 5.78. The molecule has 0 aromatic carbocycles. The van der Waals surface area contributed by atoms with Gasteiger partial charge >= 0.3 is 0 Å². The minimum atomic E-state index is 0.807. The van der Waals surface area contributed by atoms with Crippen molar-refractivity contribution in [2.24, 2.45) is 0 Å². The average molecular weight is 228 g/mol. The molecule has 1 N–H and O–H groups in total. The van der Waals surface area contributed by atoms with Crippen LogP contribution in [0.25, 0.3) is 0 Å². The van der Waals surface area contributed by atoms with Gasteiger partial charge in [-0.05, 0) is 63.7 Å². The van der Waals surface area contributed by atoms with E-state index in [-0.39, 0.29) is 0 Å². The molecule has 2 saturated heterocycles. The maximum absolute atomic E-state index is 3.67. The van der Waals surface area contributed by atoms with Crippen LogP contribution in [0.3, 0.4) is 0 Å². The lowest BCUT2D eigenvalue weighted by molar-refractivity contribution is 0.215. The Morgan fingerprint density at radius 3 is 3.00 bits per heavy atom. The van der Waals surface area contributed by atoms with E-state index in [2.05, 4.69) is 16.5 Å². The minimum Gasteiger partial charge on any atom is -0.312 e. The molecule has 2 fully saturated rings. The maximum Gasteiger partial charge on any atom is 0.0249 e. The van der Waals surface area contributed by atoms with Gasteiger partial charge in [0.25, 0.3) is 0 Å². The lowest BCUT2D eigenvalue weighted by atomic mass is 10.0.